The first-order valence-electron chi connectivity index (χ1n) is 9.01. The van der Waals surface area contributed by atoms with Gasteiger partial charge >= 0.3 is 0 Å². The van der Waals surface area contributed by atoms with Gasteiger partial charge in [-0.25, -0.2) is 0 Å². The van der Waals surface area contributed by atoms with Gasteiger partial charge in [-0.15, -0.1) is 0 Å². The summed E-state index contributed by atoms with van der Waals surface area (Å²) in [4.78, 5) is 14.8. The Morgan fingerprint density at radius 3 is 2.74 bits per heavy atom. The first kappa shape index (κ1) is 15.0. The average molecular weight is 314 g/mol. The van der Waals surface area contributed by atoms with Gasteiger partial charge in [-0.2, -0.15) is 0 Å². The van der Waals surface area contributed by atoms with Crippen molar-refractivity contribution in [3.05, 3.63) is 24.3 Å². The maximum atomic E-state index is 12.5. The molecule has 23 heavy (non-hydrogen) atoms. The Labute approximate surface area is 138 Å². The molecule has 3 atom stereocenters. The zero-order valence-corrected chi connectivity index (χ0v) is 13.7. The lowest BCUT2D eigenvalue weighted by atomic mass is 9.86. The first-order chi connectivity index (χ1) is 11.3. The summed E-state index contributed by atoms with van der Waals surface area (Å²) in [5, 5.41) is 3.17. The molecule has 0 aromatic heterocycles. The molecule has 124 valence electrons. The van der Waals surface area contributed by atoms with Gasteiger partial charge in [0.1, 0.15) is 0 Å². The number of para-hydroxylation sites is 2. The van der Waals surface area contributed by atoms with Crippen LogP contribution in [0.1, 0.15) is 32.1 Å². The Morgan fingerprint density at radius 2 is 2.00 bits per heavy atom. The number of morpholine rings is 1. The SMILES string of the molecule is O=C(C[C@H]1C[C@H]2CC[C@@H]1C2)Nc1ccccc1N1CCOCC1. The lowest BCUT2D eigenvalue weighted by molar-refractivity contribution is -0.117. The Bertz CT molecular complexity index is 568. The van der Waals surface area contributed by atoms with Crippen molar-refractivity contribution in [3.8, 4) is 0 Å². The quantitative estimate of drug-likeness (QED) is 0.927. The minimum Gasteiger partial charge on any atom is -0.378 e. The maximum absolute atomic E-state index is 12.5. The molecule has 4 heteroatoms. The van der Waals surface area contributed by atoms with Crippen molar-refractivity contribution in [2.24, 2.45) is 17.8 Å². The normalized spacial score (nSPS) is 29.7. The van der Waals surface area contributed by atoms with Crippen LogP contribution in [0.5, 0.6) is 0 Å². The minimum absolute atomic E-state index is 0.184. The number of nitrogens with one attached hydrogen (secondary N) is 1. The third-order valence-electron chi connectivity index (χ3n) is 5.86. The van der Waals surface area contributed by atoms with Gasteiger partial charge in [-0.1, -0.05) is 18.6 Å². The van der Waals surface area contributed by atoms with E-state index in [9.17, 15) is 4.79 Å². The lowest BCUT2D eigenvalue weighted by Crippen LogP contribution is -2.36. The van der Waals surface area contributed by atoms with Crippen molar-refractivity contribution in [1.82, 2.24) is 0 Å². The van der Waals surface area contributed by atoms with Gasteiger partial charge in [-0.05, 0) is 49.1 Å². The average Bonchev–Trinajstić information content (AvgIpc) is 3.19. The zero-order valence-electron chi connectivity index (χ0n) is 13.7. The van der Waals surface area contributed by atoms with E-state index in [1.165, 1.54) is 25.7 Å². The molecule has 1 amide bonds. The monoisotopic (exact) mass is 314 g/mol. The smallest absolute Gasteiger partial charge is 0.224 e. The highest BCUT2D eigenvalue weighted by Gasteiger charge is 2.40. The molecule has 0 unspecified atom stereocenters. The second-order valence-corrected chi connectivity index (χ2v) is 7.30. The molecule has 0 spiro atoms. The molecule has 2 bridgehead atoms. The summed E-state index contributed by atoms with van der Waals surface area (Å²) < 4.78 is 5.43. The number of carbonyl (C=O) groups excluding carboxylic acids is 1. The summed E-state index contributed by atoms with van der Waals surface area (Å²) in [6, 6.07) is 8.15. The topological polar surface area (TPSA) is 41.6 Å². The summed E-state index contributed by atoms with van der Waals surface area (Å²) in [7, 11) is 0. The number of carbonyl (C=O) groups is 1. The predicted molar refractivity (Wildman–Crippen MR) is 91.7 cm³/mol. The number of anilines is 2. The van der Waals surface area contributed by atoms with E-state index in [0.29, 0.717) is 12.3 Å². The molecule has 4 rings (SSSR count). The van der Waals surface area contributed by atoms with Crippen LogP contribution in [-0.4, -0.2) is 32.2 Å². The standard InChI is InChI=1S/C19H26N2O2/c22-19(13-16-12-14-5-6-15(16)11-14)20-17-3-1-2-4-18(17)21-7-9-23-10-8-21/h1-4,14-16H,5-13H2,(H,20,22)/t14-,15+,16+/m0/s1. The van der Waals surface area contributed by atoms with Crippen LogP contribution in [0.4, 0.5) is 11.4 Å². The number of ether oxygens (including phenoxy) is 1. The van der Waals surface area contributed by atoms with Gasteiger partial charge in [0.25, 0.3) is 0 Å². The van der Waals surface area contributed by atoms with Crippen LogP contribution in [0.25, 0.3) is 0 Å². The summed E-state index contributed by atoms with van der Waals surface area (Å²) in [5.74, 6) is 2.51. The molecule has 1 aromatic carbocycles. The van der Waals surface area contributed by atoms with Crippen molar-refractivity contribution < 1.29 is 9.53 Å². The summed E-state index contributed by atoms with van der Waals surface area (Å²) in [6.45, 7) is 3.29. The van der Waals surface area contributed by atoms with E-state index < -0.39 is 0 Å². The van der Waals surface area contributed by atoms with Crippen molar-refractivity contribution in [2.45, 2.75) is 32.1 Å². The van der Waals surface area contributed by atoms with Crippen LogP contribution >= 0.6 is 0 Å². The second-order valence-electron chi connectivity index (χ2n) is 7.30. The summed E-state index contributed by atoms with van der Waals surface area (Å²) >= 11 is 0. The van der Waals surface area contributed by atoms with Crippen LogP contribution in [0.2, 0.25) is 0 Å². The Hall–Kier alpha value is -1.55. The predicted octanol–water partition coefficient (Wildman–Crippen LogP) is 3.29. The molecule has 2 saturated carbocycles. The van der Waals surface area contributed by atoms with Gasteiger partial charge in [0.2, 0.25) is 5.91 Å². The van der Waals surface area contributed by atoms with Crippen molar-refractivity contribution in [1.29, 1.82) is 0 Å². The fourth-order valence-electron chi connectivity index (χ4n) is 4.73. The molecular weight excluding hydrogens is 288 g/mol. The molecule has 3 fully saturated rings. The Kier molecular flexibility index (Phi) is 4.25. The fourth-order valence-corrected chi connectivity index (χ4v) is 4.73. The molecule has 1 N–H and O–H groups in total. The Morgan fingerprint density at radius 1 is 1.17 bits per heavy atom. The highest BCUT2D eigenvalue weighted by molar-refractivity contribution is 5.94. The largest absolute Gasteiger partial charge is 0.378 e. The van der Waals surface area contributed by atoms with E-state index in [2.05, 4.69) is 16.3 Å². The number of fused-ring (bicyclic) bond motifs is 2. The van der Waals surface area contributed by atoms with Crippen molar-refractivity contribution in [3.63, 3.8) is 0 Å². The van der Waals surface area contributed by atoms with Crippen LogP contribution in [0.15, 0.2) is 24.3 Å². The van der Waals surface area contributed by atoms with E-state index >= 15 is 0 Å². The molecule has 4 nitrogen and oxygen atoms in total. The van der Waals surface area contributed by atoms with Gasteiger partial charge in [0, 0.05) is 19.5 Å². The number of hydrogen-bond acceptors (Lipinski definition) is 3. The van der Waals surface area contributed by atoms with Gasteiger partial charge in [0.15, 0.2) is 0 Å². The molecule has 2 aliphatic carbocycles. The second kappa shape index (κ2) is 6.52. The number of amides is 1. The lowest BCUT2D eigenvalue weighted by Gasteiger charge is -2.30. The molecule has 1 aromatic rings. The van der Waals surface area contributed by atoms with E-state index in [1.54, 1.807) is 0 Å². The molecule has 1 heterocycles. The van der Waals surface area contributed by atoms with E-state index in [-0.39, 0.29) is 5.91 Å². The van der Waals surface area contributed by atoms with Crippen LogP contribution in [0.3, 0.4) is 0 Å². The fraction of sp³-hybridized carbons (Fsp3) is 0.632. The molecular formula is C19H26N2O2. The van der Waals surface area contributed by atoms with Gasteiger partial charge in [-0.3, -0.25) is 4.79 Å². The third-order valence-corrected chi connectivity index (χ3v) is 5.86. The highest BCUT2D eigenvalue weighted by atomic mass is 16.5. The number of rotatable bonds is 4. The molecule has 3 aliphatic rings. The third kappa shape index (κ3) is 3.23. The minimum atomic E-state index is 0.184. The molecule has 1 aliphatic heterocycles. The molecule has 1 saturated heterocycles. The van der Waals surface area contributed by atoms with Crippen LogP contribution in [0, 0.1) is 17.8 Å². The zero-order chi connectivity index (χ0) is 15.6. The van der Waals surface area contributed by atoms with E-state index in [4.69, 9.17) is 4.74 Å². The van der Waals surface area contributed by atoms with Crippen molar-refractivity contribution >= 4 is 17.3 Å². The van der Waals surface area contributed by atoms with Crippen molar-refractivity contribution in [2.75, 3.05) is 36.5 Å². The summed E-state index contributed by atoms with van der Waals surface area (Å²) in [6.07, 6.45) is 6.06. The highest BCUT2D eigenvalue weighted by Crippen LogP contribution is 2.49. The maximum Gasteiger partial charge on any atom is 0.224 e. The van der Waals surface area contributed by atoms with Gasteiger partial charge in [0.05, 0.1) is 24.6 Å². The van der Waals surface area contributed by atoms with E-state index in [0.717, 1.165) is 49.5 Å². The number of nitrogens with zero attached hydrogens (tertiary/aromatic N) is 1. The first-order valence-corrected chi connectivity index (χ1v) is 9.01. The van der Waals surface area contributed by atoms with Crippen LogP contribution < -0.4 is 10.2 Å². The summed E-state index contributed by atoms with van der Waals surface area (Å²) in [5.41, 5.74) is 2.07. The number of benzene rings is 1. The number of hydrogen-bond donors (Lipinski definition) is 1. The Balaban J connectivity index is 1.41. The van der Waals surface area contributed by atoms with Crippen LogP contribution in [-0.2, 0) is 9.53 Å². The van der Waals surface area contributed by atoms with E-state index in [1.807, 2.05) is 18.2 Å². The molecule has 0 radical (unpaired) electrons. The van der Waals surface area contributed by atoms with Gasteiger partial charge < -0.3 is 15.0 Å².